The third-order valence-electron chi connectivity index (χ3n) is 5.19. The Morgan fingerprint density at radius 2 is 2.09 bits per heavy atom. The molecule has 0 spiro atoms. The van der Waals surface area contributed by atoms with Gasteiger partial charge in [-0.15, -0.1) is 0 Å². The van der Waals surface area contributed by atoms with E-state index in [9.17, 15) is 9.18 Å². The van der Waals surface area contributed by atoms with Crippen LogP contribution >= 0.6 is 11.6 Å². The summed E-state index contributed by atoms with van der Waals surface area (Å²) in [6, 6.07) is 12.4. The molecule has 3 aromatic rings. The lowest BCUT2D eigenvalue weighted by atomic mass is 9.93. The third kappa shape index (κ3) is 5.88. The summed E-state index contributed by atoms with van der Waals surface area (Å²) in [5.74, 6) is -0.210. The quantitative estimate of drug-likeness (QED) is 0.384. The lowest BCUT2D eigenvalue weighted by Crippen LogP contribution is -2.39. The highest BCUT2D eigenvalue weighted by Crippen LogP contribution is 2.29. The molecule has 0 bridgehead atoms. The first kappa shape index (κ1) is 22.8. The number of amides is 1. The van der Waals surface area contributed by atoms with Crippen molar-refractivity contribution < 1.29 is 18.8 Å². The molecule has 8 nitrogen and oxygen atoms in total. The minimum atomic E-state index is -0.641. The van der Waals surface area contributed by atoms with Gasteiger partial charge >= 0.3 is 0 Å². The van der Waals surface area contributed by atoms with Crippen molar-refractivity contribution in [3.8, 4) is 5.75 Å². The van der Waals surface area contributed by atoms with E-state index in [4.69, 9.17) is 21.2 Å². The van der Waals surface area contributed by atoms with Crippen LogP contribution in [0.3, 0.4) is 0 Å². The van der Waals surface area contributed by atoms with Crippen molar-refractivity contribution in [3.63, 3.8) is 0 Å². The molecule has 1 fully saturated rings. The predicted octanol–water partition coefficient (Wildman–Crippen LogP) is 4.85. The average molecular weight is 472 g/mol. The predicted molar refractivity (Wildman–Crippen MR) is 123 cm³/mol. The molecule has 1 aliphatic rings. The molecular formula is C23H23ClFN5O3. The lowest BCUT2D eigenvalue weighted by Gasteiger charge is -2.26. The van der Waals surface area contributed by atoms with Gasteiger partial charge in [0.15, 0.2) is 11.6 Å². The van der Waals surface area contributed by atoms with Crippen LogP contribution in [0.1, 0.15) is 35.2 Å². The van der Waals surface area contributed by atoms with Crippen LogP contribution < -0.4 is 20.9 Å². The number of methoxy groups -OCH3 is 1. The number of carbonyl (C=O) groups excluding carboxylic acids is 1. The first-order valence-corrected chi connectivity index (χ1v) is 10.8. The number of ether oxygens (including phenoxy) is 1. The molecule has 3 N–H and O–H groups in total. The van der Waals surface area contributed by atoms with Gasteiger partial charge in [-0.3, -0.25) is 9.63 Å². The van der Waals surface area contributed by atoms with Crippen LogP contribution in [0.5, 0.6) is 5.75 Å². The van der Waals surface area contributed by atoms with Crippen LogP contribution in [-0.2, 0) is 11.4 Å². The summed E-state index contributed by atoms with van der Waals surface area (Å²) < 4.78 is 19.3. The second-order valence-electron chi connectivity index (χ2n) is 7.56. The number of hydrogen-bond donors (Lipinski definition) is 3. The second-order valence-corrected chi connectivity index (χ2v) is 7.96. The highest BCUT2D eigenvalue weighted by Gasteiger charge is 2.20. The van der Waals surface area contributed by atoms with Gasteiger partial charge in [0.25, 0.3) is 5.91 Å². The van der Waals surface area contributed by atoms with Crippen LogP contribution in [0.2, 0.25) is 5.02 Å². The fraction of sp³-hybridized carbons (Fsp3) is 0.261. The Balaban J connectivity index is 1.35. The molecule has 4 rings (SSSR count). The molecule has 0 saturated heterocycles. The number of benzene rings is 2. The van der Waals surface area contributed by atoms with Crippen molar-refractivity contribution in [2.45, 2.75) is 31.9 Å². The fourth-order valence-corrected chi connectivity index (χ4v) is 3.45. The molecule has 172 valence electrons. The molecule has 0 radical (unpaired) electrons. The number of nitrogens with zero attached hydrogens (tertiary/aromatic N) is 2. The summed E-state index contributed by atoms with van der Waals surface area (Å²) >= 11 is 6.11. The Morgan fingerprint density at radius 1 is 1.24 bits per heavy atom. The maximum atomic E-state index is 14.2. The van der Waals surface area contributed by atoms with Gasteiger partial charge in [0.1, 0.15) is 5.75 Å². The van der Waals surface area contributed by atoms with Crippen molar-refractivity contribution >= 4 is 35.0 Å². The summed E-state index contributed by atoms with van der Waals surface area (Å²) in [4.78, 5) is 25.8. The van der Waals surface area contributed by atoms with Crippen molar-refractivity contribution in [2.75, 3.05) is 17.9 Å². The molecule has 33 heavy (non-hydrogen) atoms. The SMILES string of the molecule is COc1ccc(Nc2nc(NOCc3cccc(C(=O)NC4CCC4)c3)ncc2F)cc1Cl. The number of aromatic nitrogens is 2. The van der Waals surface area contributed by atoms with Gasteiger partial charge in [0.05, 0.1) is 24.9 Å². The van der Waals surface area contributed by atoms with Gasteiger partial charge in [0.2, 0.25) is 5.95 Å². The summed E-state index contributed by atoms with van der Waals surface area (Å²) in [6.45, 7) is 0.155. The van der Waals surface area contributed by atoms with Crippen LogP contribution in [0.25, 0.3) is 0 Å². The van der Waals surface area contributed by atoms with Gasteiger partial charge in [-0.05, 0) is 55.2 Å². The fourth-order valence-electron chi connectivity index (χ4n) is 3.19. The van der Waals surface area contributed by atoms with E-state index in [1.54, 1.807) is 36.4 Å². The Morgan fingerprint density at radius 3 is 2.82 bits per heavy atom. The van der Waals surface area contributed by atoms with Crippen LogP contribution in [0.4, 0.5) is 21.8 Å². The van der Waals surface area contributed by atoms with E-state index in [0.717, 1.165) is 31.0 Å². The van der Waals surface area contributed by atoms with E-state index in [2.05, 4.69) is 26.1 Å². The van der Waals surface area contributed by atoms with Gasteiger partial charge in [0, 0.05) is 17.3 Å². The molecule has 0 unspecified atom stereocenters. The molecule has 0 aliphatic heterocycles. The highest BCUT2D eigenvalue weighted by molar-refractivity contribution is 6.32. The molecule has 0 atom stereocenters. The average Bonchev–Trinajstić information content (AvgIpc) is 2.78. The van der Waals surface area contributed by atoms with E-state index in [0.29, 0.717) is 22.0 Å². The zero-order valence-corrected chi connectivity index (χ0v) is 18.7. The molecule has 1 aromatic heterocycles. The third-order valence-corrected chi connectivity index (χ3v) is 5.49. The van der Waals surface area contributed by atoms with Crippen LogP contribution in [-0.4, -0.2) is 29.0 Å². The maximum absolute atomic E-state index is 14.2. The smallest absolute Gasteiger partial charge is 0.251 e. The Labute approximate surface area is 195 Å². The highest BCUT2D eigenvalue weighted by atomic mass is 35.5. The molecule has 1 aliphatic carbocycles. The standard InChI is InChI=1S/C23H23ClFN5O3/c1-32-20-9-8-17(11-18(20)24)27-21-19(25)12-26-23(29-21)30-33-13-14-4-2-5-15(10-14)22(31)28-16-6-3-7-16/h2,4-5,8-12,16H,3,6-7,13H2,1H3,(H,28,31)(H2,26,27,29,30). The number of nitrogens with one attached hydrogen (secondary N) is 3. The van der Waals surface area contributed by atoms with E-state index in [1.807, 2.05) is 6.07 Å². The molecule has 1 amide bonds. The summed E-state index contributed by atoms with van der Waals surface area (Å²) in [6.07, 6.45) is 4.23. The number of rotatable bonds is 9. The number of halogens is 2. The van der Waals surface area contributed by atoms with Crippen LogP contribution in [0, 0.1) is 5.82 Å². The van der Waals surface area contributed by atoms with Crippen molar-refractivity contribution in [1.82, 2.24) is 15.3 Å². The Kier molecular flexibility index (Phi) is 7.21. The van der Waals surface area contributed by atoms with Crippen molar-refractivity contribution in [2.24, 2.45) is 0 Å². The molecule has 2 aromatic carbocycles. The van der Waals surface area contributed by atoms with Crippen LogP contribution in [0.15, 0.2) is 48.7 Å². The lowest BCUT2D eigenvalue weighted by molar-refractivity contribution is 0.0916. The first-order valence-electron chi connectivity index (χ1n) is 10.4. The maximum Gasteiger partial charge on any atom is 0.251 e. The Hall–Kier alpha value is -3.43. The zero-order valence-electron chi connectivity index (χ0n) is 17.9. The number of anilines is 3. The van der Waals surface area contributed by atoms with E-state index < -0.39 is 5.82 Å². The zero-order chi connectivity index (χ0) is 23.2. The monoisotopic (exact) mass is 471 g/mol. The minimum Gasteiger partial charge on any atom is -0.495 e. The largest absolute Gasteiger partial charge is 0.495 e. The Bertz CT molecular complexity index is 1140. The van der Waals surface area contributed by atoms with Gasteiger partial charge in [-0.25, -0.2) is 14.9 Å². The van der Waals surface area contributed by atoms with E-state index in [1.165, 1.54) is 7.11 Å². The van der Waals surface area contributed by atoms with Gasteiger partial charge in [-0.1, -0.05) is 23.7 Å². The molecule has 10 heteroatoms. The van der Waals surface area contributed by atoms with Gasteiger partial charge < -0.3 is 15.4 Å². The molecular weight excluding hydrogens is 449 g/mol. The van der Waals surface area contributed by atoms with Crippen molar-refractivity contribution in [3.05, 3.63) is 70.6 Å². The summed E-state index contributed by atoms with van der Waals surface area (Å²) in [7, 11) is 1.51. The first-order chi connectivity index (χ1) is 16.0. The van der Waals surface area contributed by atoms with E-state index >= 15 is 0 Å². The normalized spacial score (nSPS) is 13.2. The van der Waals surface area contributed by atoms with Crippen molar-refractivity contribution in [1.29, 1.82) is 0 Å². The van der Waals surface area contributed by atoms with Gasteiger partial charge in [-0.2, -0.15) is 4.98 Å². The molecule has 1 heterocycles. The summed E-state index contributed by atoms with van der Waals surface area (Å²) in [5, 5.41) is 6.24. The minimum absolute atomic E-state index is 0.0491. The molecule has 1 saturated carbocycles. The number of hydrogen-bond acceptors (Lipinski definition) is 7. The second kappa shape index (κ2) is 10.5. The van der Waals surface area contributed by atoms with E-state index in [-0.39, 0.29) is 30.3 Å². The summed E-state index contributed by atoms with van der Waals surface area (Å²) in [5.41, 5.74) is 4.49. The topological polar surface area (TPSA) is 97.4 Å². The number of carbonyl (C=O) groups is 1.